The van der Waals surface area contributed by atoms with Crippen molar-refractivity contribution in [3.05, 3.63) is 73.4 Å². The van der Waals surface area contributed by atoms with E-state index in [1.165, 1.54) is 10.6 Å². The standard InChI is InChI=1S/C19H14Cl3N3O3S/c1-10-12(20)3-2-4-15(10)23-17(27)9-29-19-24-16(26)8-18(28)25(19)11-5-6-13(21)14(22)7-11/h2-8,26H,9H2,1H3,(H,23,27). The first-order valence-corrected chi connectivity index (χ1v) is 10.3. The van der Waals surface area contributed by atoms with Crippen LogP contribution in [0.15, 0.2) is 52.4 Å². The van der Waals surface area contributed by atoms with Gasteiger partial charge in [-0.25, -0.2) is 0 Å². The average Bonchev–Trinajstić information content (AvgIpc) is 2.66. The van der Waals surface area contributed by atoms with Gasteiger partial charge in [0.25, 0.3) is 5.56 Å². The Morgan fingerprint density at radius 2 is 1.90 bits per heavy atom. The highest BCUT2D eigenvalue weighted by molar-refractivity contribution is 7.99. The van der Waals surface area contributed by atoms with Crippen LogP contribution in [0.2, 0.25) is 15.1 Å². The summed E-state index contributed by atoms with van der Waals surface area (Å²) in [5.74, 6) is -0.818. The fraction of sp³-hybridized carbons (Fsp3) is 0.105. The summed E-state index contributed by atoms with van der Waals surface area (Å²) < 4.78 is 1.24. The van der Waals surface area contributed by atoms with Crippen molar-refractivity contribution in [2.75, 3.05) is 11.1 Å². The van der Waals surface area contributed by atoms with E-state index < -0.39 is 11.4 Å². The van der Waals surface area contributed by atoms with Crippen LogP contribution in [-0.4, -0.2) is 26.3 Å². The van der Waals surface area contributed by atoms with Gasteiger partial charge in [0.1, 0.15) is 0 Å². The number of amides is 1. The zero-order valence-corrected chi connectivity index (χ0v) is 18.0. The van der Waals surface area contributed by atoms with E-state index >= 15 is 0 Å². The highest BCUT2D eigenvalue weighted by atomic mass is 35.5. The van der Waals surface area contributed by atoms with Gasteiger partial charge in [-0.3, -0.25) is 14.2 Å². The normalized spacial score (nSPS) is 10.8. The molecular formula is C19H14Cl3N3O3S. The van der Waals surface area contributed by atoms with E-state index in [1.807, 2.05) is 0 Å². The fourth-order valence-electron chi connectivity index (χ4n) is 2.47. The number of nitrogens with zero attached hydrogens (tertiary/aromatic N) is 2. The minimum atomic E-state index is -0.524. The molecule has 10 heteroatoms. The second-order valence-corrected chi connectivity index (χ2v) is 8.08. The molecule has 1 aromatic heterocycles. The molecule has 1 heterocycles. The monoisotopic (exact) mass is 469 g/mol. The lowest BCUT2D eigenvalue weighted by atomic mass is 10.2. The highest BCUT2D eigenvalue weighted by Crippen LogP contribution is 2.27. The third-order valence-electron chi connectivity index (χ3n) is 3.91. The summed E-state index contributed by atoms with van der Waals surface area (Å²) in [4.78, 5) is 28.8. The van der Waals surface area contributed by atoms with Crippen LogP contribution in [0.25, 0.3) is 5.69 Å². The maximum Gasteiger partial charge on any atom is 0.262 e. The van der Waals surface area contributed by atoms with E-state index in [1.54, 1.807) is 37.3 Å². The summed E-state index contributed by atoms with van der Waals surface area (Å²) in [6.45, 7) is 1.80. The fourth-order valence-corrected chi connectivity index (χ4v) is 3.75. The lowest BCUT2D eigenvalue weighted by Crippen LogP contribution is -2.21. The molecule has 29 heavy (non-hydrogen) atoms. The van der Waals surface area contributed by atoms with Gasteiger partial charge in [-0.15, -0.1) is 0 Å². The SMILES string of the molecule is Cc1c(Cl)cccc1NC(=O)CSc1nc(O)cc(=O)n1-c1ccc(Cl)c(Cl)c1. The number of nitrogens with one attached hydrogen (secondary N) is 1. The zero-order chi connectivity index (χ0) is 21.1. The number of rotatable bonds is 5. The number of carbonyl (C=O) groups excluding carboxylic acids is 1. The number of aromatic nitrogens is 2. The molecule has 2 N–H and O–H groups in total. The predicted molar refractivity (Wildman–Crippen MR) is 117 cm³/mol. The van der Waals surface area contributed by atoms with Crippen LogP contribution in [0.5, 0.6) is 5.88 Å². The molecule has 0 bridgehead atoms. The van der Waals surface area contributed by atoms with Crippen molar-refractivity contribution < 1.29 is 9.90 Å². The van der Waals surface area contributed by atoms with Crippen LogP contribution < -0.4 is 10.9 Å². The topological polar surface area (TPSA) is 84.2 Å². The Labute approximate surface area is 185 Å². The van der Waals surface area contributed by atoms with Crippen molar-refractivity contribution in [1.29, 1.82) is 0 Å². The molecule has 0 aliphatic rings. The summed E-state index contributed by atoms with van der Waals surface area (Å²) in [5.41, 5.74) is 1.22. The van der Waals surface area contributed by atoms with Crippen molar-refractivity contribution in [2.24, 2.45) is 0 Å². The molecule has 0 spiro atoms. The van der Waals surface area contributed by atoms with Crippen LogP contribution in [0.4, 0.5) is 5.69 Å². The van der Waals surface area contributed by atoms with Crippen molar-refractivity contribution in [3.63, 3.8) is 0 Å². The Kier molecular flexibility index (Phi) is 6.74. The van der Waals surface area contributed by atoms with E-state index in [4.69, 9.17) is 34.8 Å². The Bertz CT molecular complexity index is 1150. The molecule has 6 nitrogen and oxygen atoms in total. The van der Waals surface area contributed by atoms with Gasteiger partial charge in [0.2, 0.25) is 11.8 Å². The van der Waals surface area contributed by atoms with Gasteiger partial charge in [-0.1, -0.05) is 52.6 Å². The second-order valence-electron chi connectivity index (χ2n) is 5.92. The van der Waals surface area contributed by atoms with Crippen LogP contribution in [-0.2, 0) is 4.79 Å². The largest absolute Gasteiger partial charge is 0.493 e. The number of aromatic hydroxyl groups is 1. The van der Waals surface area contributed by atoms with E-state index in [0.29, 0.717) is 21.4 Å². The first-order valence-electron chi connectivity index (χ1n) is 8.22. The number of halogens is 3. The minimum absolute atomic E-state index is 0.0524. The summed E-state index contributed by atoms with van der Waals surface area (Å²) in [6, 6.07) is 10.8. The molecule has 150 valence electrons. The van der Waals surface area contributed by atoms with Crippen molar-refractivity contribution in [2.45, 2.75) is 12.1 Å². The number of thioether (sulfide) groups is 1. The lowest BCUT2D eigenvalue weighted by Gasteiger charge is -2.13. The van der Waals surface area contributed by atoms with Gasteiger partial charge < -0.3 is 10.4 Å². The predicted octanol–water partition coefficient (Wildman–Crippen LogP) is 4.94. The molecule has 0 saturated carbocycles. The van der Waals surface area contributed by atoms with Crippen LogP contribution in [0.1, 0.15) is 5.56 Å². The Morgan fingerprint density at radius 3 is 2.62 bits per heavy atom. The maximum absolute atomic E-state index is 12.4. The van der Waals surface area contributed by atoms with Gasteiger partial charge in [0, 0.05) is 10.7 Å². The van der Waals surface area contributed by atoms with E-state index in [9.17, 15) is 14.7 Å². The lowest BCUT2D eigenvalue weighted by molar-refractivity contribution is -0.113. The minimum Gasteiger partial charge on any atom is -0.493 e. The quantitative estimate of drug-likeness (QED) is 0.408. The number of hydrogen-bond acceptors (Lipinski definition) is 5. The van der Waals surface area contributed by atoms with Gasteiger partial charge in [-0.05, 0) is 42.8 Å². The molecule has 0 unspecified atom stereocenters. The Balaban J connectivity index is 1.85. The number of benzene rings is 2. The number of hydrogen-bond donors (Lipinski definition) is 2. The average molecular weight is 471 g/mol. The molecule has 1 amide bonds. The molecular weight excluding hydrogens is 457 g/mol. The molecule has 0 aliphatic carbocycles. The highest BCUT2D eigenvalue weighted by Gasteiger charge is 2.15. The first kappa shape index (κ1) is 21.5. The van der Waals surface area contributed by atoms with Crippen molar-refractivity contribution in [3.8, 4) is 11.6 Å². The molecule has 0 aliphatic heterocycles. The van der Waals surface area contributed by atoms with Crippen molar-refractivity contribution >= 4 is 58.2 Å². The maximum atomic E-state index is 12.4. The molecule has 0 radical (unpaired) electrons. The first-order chi connectivity index (χ1) is 13.8. The van der Waals surface area contributed by atoms with E-state index in [2.05, 4.69) is 10.3 Å². The van der Waals surface area contributed by atoms with Gasteiger partial charge in [-0.2, -0.15) is 4.98 Å². The van der Waals surface area contributed by atoms with E-state index in [-0.39, 0.29) is 21.8 Å². The smallest absolute Gasteiger partial charge is 0.262 e. The third-order valence-corrected chi connectivity index (χ3v) is 6.00. The Morgan fingerprint density at radius 1 is 1.14 bits per heavy atom. The molecule has 0 atom stereocenters. The number of anilines is 1. The van der Waals surface area contributed by atoms with Gasteiger partial charge in [0.15, 0.2) is 5.16 Å². The van der Waals surface area contributed by atoms with Gasteiger partial charge >= 0.3 is 0 Å². The molecule has 0 fully saturated rings. The van der Waals surface area contributed by atoms with Crippen molar-refractivity contribution in [1.82, 2.24) is 9.55 Å². The summed E-state index contributed by atoms with van der Waals surface area (Å²) in [5, 5.41) is 13.8. The van der Waals surface area contributed by atoms with E-state index in [0.717, 1.165) is 23.4 Å². The van der Waals surface area contributed by atoms with Crippen LogP contribution >= 0.6 is 46.6 Å². The summed E-state index contributed by atoms with van der Waals surface area (Å²) in [6.07, 6.45) is 0. The molecule has 3 rings (SSSR count). The summed E-state index contributed by atoms with van der Waals surface area (Å²) in [7, 11) is 0. The van der Waals surface area contributed by atoms with Gasteiger partial charge in [0.05, 0.1) is 27.6 Å². The summed E-state index contributed by atoms with van der Waals surface area (Å²) >= 11 is 19.0. The van der Waals surface area contributed by atoms with Crippen LogP contribution in [0, 0.1) is 6.92 Å². The zero-order valence-electron chi connectivity index (χ0n) is 14.9. The van der Waals surface area contributed by atoms with Crippen LogP contribution in [0.3, 0.4) is 0 Å². The Hall–Kier alpha value is -2.19. The third kappa shape index (κ3) is 5.05. The second kappa shape index (κ2) is 9.09. The molecule has 3 aromatic rings. The molecule has 0 saturated heterocycles. The molecule has 2 aromatic carbocycles. The number of carbonyl (C=O) groups is 1.